The summed E-state index contributed by atoms with van der Waals surface area (Å²) in [5, 5.41) is 0. The summed E-state index contributed by atoms with van der Waals surface area (Å²) in [6.07, 6.45) is 3.94. The minimum atomic E-state index is -1.01. The Hall–Kier alpha value is -1.09. The Morgan fingerprint density at radius 2 is 1.95 bits per heavy atom. The lowest BCUT2D eigenvalue weighted by atomic mass is 10.1. The first-order valence-electron chi connectivity index (χ1n) is 7.35. The van der Waals surface area contributed by atoms with Gasteiger partial charge in [0, 0.05) is 14.3 Å². The van der Waals surface area contributed by atoms with E-state index >= 15 is 0 Å². The van der Waals surface area contributed by atoms with Gasteiger partial charge in [-0.15, -0.1) is 0 Å². The molecule has 0 bridgehead atoms. The van der Waals surface area contributed by atoms with Crippen LogP contribution in [-0.2, 0) is 16.0 Å². The summed E-state index contributed by atoms with van der Waals surface area (Å²) in [4.78, 5) is 12.1. The summed E-state index contributed by atoms with van der Waals surface area (Å²) in [6.45, 7) is 7.16. The number of carbonyl (C=O) groups excluding carboxylic acids is 1. The molecule has 2 nitrogen and oxygen atoms in total. The molecule has 106 valence electrons. The molecule has 0 spiro atoms. The maximum absolute atomic E-state index is 12.1. The van der Waals surface area contributed by atoms with E-state index in [2.05, 4.69) is 44.3 Å². The molecule has 1 aromatic carbocycles. The number of aryl methyl sites for hydroxylation is 1. The zero-order valence-electron chi connectivity index (χ0n) is 12.4. The largest absolute Gasteiger partial charge is 0.466 e. The Morgan fingerprint density at radius 1 is 1.26 bits per heavy atom. The van der Waals surface area contributed by atoms with Gasteiger partial charge in [-0.2, -0.15) is 0 Å². The van der Waals surface area contributed by atoms with E-state index in [9.17, 15) is 4.79 Å². The van der Waals surface area contributed by atoms with Gasteiger partial charge in [0.1, 0.15) is 0 Å². The van der Waals surface area contributed by atoms with E-state index in [-0.39, 0.29) is 11.5 Å². The first-order valence-corrected chi connectivity index (χ1v) is 10.3. The monoisotopic (exact) mass is 278 g/mol. The fourth-order valence-corrected chi connectivity index (χ4v) is 3.59. The summed E-state index contributed by atoms with van der Waals surface area (Å²) in [5.41, 5.74) is 1.46. The molecule has 0 saturated heterocycles. The Bertz CT molecular complexity index is 362. The first kappa shape index (κ1) is 16.0. The topological polar surface area (TPSA) is 26.3 Å². The molecule has 0 saturated carbocycles. The highest BCUT2D eigenvalue weighted by atomic mass is 28.3. The molecule has 0 aliphatic heterocycles. The number of esters is 1. The summed E-state index contributed by atoms with van der Waals surface area (Å²) >= 11 is 0. The SMILES string of the molecule is CCCCOC(=O)C(CCc1ccccc1)[SiH](C)C. The molecule has 1 unspecified atom stereocenters. The number of ether oxygens (including phenoxy) is 1. The number of hydrogen-bond donors (Lipinski definition) is 0. The van der Waals surface area contributed by atoms with Crippen molar-refractivity contribution in [1.82, 2.24) is 0 Å². The number of unbranched alkanes of at least 4 members (excludes halogenated alkanes) is 1. The predicted octanol–water partition coefficient (Wildman–Crippen LogP) is 3.82. The van der Waals surface area contributed by atoms with Crippen LogP contribution in [0.15, 0.2) is 30.3 Å². The van der Waals surface area contributed by atoms with Gasteiger partial charge in [-0.3, -0.25) is 4.79 Å². The van der Waals surface area contributed by atoms with Crippen molar-refractivity contribution in [3.05, 3.63) is 35.9 Å². The van der Waals surface area contributed by atoms with Crippen molar-refractivity contribution >= 4 is 14.8 Å². The minimum Gasteiger partial charge on any atom is -0.466 e. The lowest BCUT2D eigenvalue weighted by Crippen LogP contribution is -2.24. The molecule has 1 atom stereocenters. The van der Waals surface area contributed by atoms with Crippen LogP contribution in [0.1, 0.15) is 31.7 Å². The van der Waals surface area contributed by atoms with E-state index in [1.165, 1.54) is 5.56 Å². The van der Waals surface area contributed by atoms with Crippen LogP contribution in [0.4, 0.5) is 0 Å². The van der Waals surface area contributed by atoms with Crippen molar-refractivity contribution in [2.45, 2.75) is 51.2 Å². The standard InChI is InChI=1S/C16H26O2Si/c1-4-5-13-18-16(17)15(19(2)3)12-11-14-9-7-6-8-10-14/h6-10,15,19H,4-5,11-13H2,1-3H3. The molecule has 0 amide bonds. The van der Waals surface area contributed by atoms with Crippen LogP contribution in [0.25, 0.3) is 0 Å². The highest BCUT2D eigenvalue weighted by Crippen LogP contribution is 2.21. The lowest BCUT2D eigenvalue weighted by Gasteiger charge is -2.18. The average molecular weight is 278 g/mol. The zero-order chi connectivity index (χ0) is 14.1. The van der Waals surface area contributed by atoms with Gasteiger partial charge < -0.3 is 4.74 Å². The van der Waals surface area contributed by atoms with Crippen LogP contribution < -0.4 is 0 Å². The molecule has 0 aromatic heterocycles. The van der Waals surface area contributed by atoms with Crippen LogP contribution >= 0.6 is 0 Å². The van der Waals surface area contributed by atoms with Gasteiger partial charge >= 0.3 is 5.97 Å². The zero-order valence-corrected chi connectivity index (χ0v) is 13.5. The molecule has 1 rings (SSSR count). The van der Waals surface area contributed by atoms with Crippen LogP contribution in [0.5, 0.6) is 0 Å². The van der Waals surface area contributed by atoms with E-state index in [1.54, 1.807) is 0 Å². The third-order valence-electron chi connectivity index (χ3n) is 3.44. The lowest BCUT2D eigenvalue weighted by molar-refractivity contribution is -0.143. The van der Waals surface area contributed by atoms with E-state index < -0.39 is 8.80 Å². The summed E-state index contributed by atoms with van der Waals surface area (Å²) in [6, 6.07) is 10.4. The molecule has 3 heteroatoms. The molecule has 1 aromatic rings. The van der Waals surface area contributed by atoms with Crippen LogP contribution in [-0.4, -0.2) is 21.4 Å². The van der Waals surface area contributed by atoms with Crippen molar-refractivity contribution in [3.63, 3.8) is 0 Å². The van der Waals surface area contributed by atoms with E-state index in [4.69, 9.17) is 4.74 Å². The number of carbonyl (C=O) groups is 1. The number of hydrogen-bond acceptors (Lipinski definition) is 2. The van der Waals surface area contributed by atoms with Gasteiger partial charge in [-0.25, -0.2) is 0 Å². The van der Waals surface area contributed by atoms with Crippen molar-refractivity contribution in [1.29, 1.82) is 0 Å². The van der Waals surface area contributed by atoms with Crippen LogP contribution in [0.3, 0.4) is 0 Å². The average Bonchev–Trinajstić information content (AvgIpc) is 2.40. The van der Waals surface area contributed by atoms with Crippen molar-refractivity contribution in [2.75, 3.05) is 6.61 Å². The highest BCUT2D eigenvalue weighted by Gasteiger charge is 2.24. The van der Waals surface area contributed by atoms with Crippen LogP contribution in [0.2, 0.25) is 18.6 Å². The Morgan fingerprint density at radius 3 is 2.53 bits per heavy atom. The highest BCUT2D eigenvalue weighted by molar-refractivity contribution is 6.61. The van der Waals surface area contributed by atoms with E-state index in [0.29, 0.717) is 6.61 Å². The van der Waals surface area contributed by atoms with Gasteiger partial charge in [-0.05, 0) is 24.8 Å². The fourth-order valence-electron chi connectivity index (χ4n) is 2.11. The number of rotatable bonds is 8. The summed E-state index contributed by atoms with van der Waals surface area (Å²) in [5.74, 6) is 0.0334. The molecule has 0 aliphatic carbocycles. The Labute approximate surface area is 118 Å². The van der Waals surface area contributed by atoms with E-state index in [0.717, 1.165) is 25.7 Å². The van der Waals surface area contributed by atoms with Gasteiger partial charge in [0.15, 0.2) is 0 Å². The molecule has 19 heavy (non-hydrogen) atoms. The third-order valence-corrected chi connectivity index (χ3v) is 5.65. The normalized spacial score (nSPS) is 12.4. The molecule has 0 radical (unpaired) electrons. The van der Waals surface area contributed by atoms with E-state index in [1.807, 2.05) is 6.07 Å². The van der Waals surface area contributed by atoms with Crippen molar-refractivity contribution < 1.29 is 9.53 Å². The predicted molar refractivity (Wildman–Crippen MR) is 83.3 cm³/mol. The molecule has 0 fully saturated rings. The maximum atomic E-state index is 12.1. The van der Waals surface area contributed by atoms with Gasteiger partial charge in [0.2, 0.25) is 0 Å². The quantitative estimate of drug-likeness (QED) is 0.410. The molecule has 0 aliphatic rings. The summed E-state index contributed by atoms with van der Waals surface area (Å²) < 4.78 is 5.39. The second kappa shape index (κ2) is 8.91. The van der Waals surface area contributed by atoms with Crippen molar-refractivity contribution in [3.8, 4) is 0 Å². The second-order valence-corrected chi connectivity index (χ2v) is 8.69. The molecule has 0 N–H and O–H groups in total. The van der Waals surface area contributed by atoms with Gasteiger partial charge in [0.05, 0.1) is 6.61 Å². The number of benzene rings is 1. The molecule has 0 heterocycles. The molecular formula is C16H26O2Si. The Kier molecular flexibility index (Phi) is 7.49. The van der Waals surface area contributed by atoms with Crippen LogP contribution in [0, 0.1) is 0 Å². The fraction of sp³-hybridized carbons (Fsp3) is 0.562. The Balaban J connectivity index is 2.46. The third kappa shape index (κ3) is 6.06. The maximum Gasteiger partial charge on any atom is 0.305 e. The molecular weight excluding hydrogens is 252 g/mol. The minimum absolute atomic E-state index is 0.0334. The second-order valence-electron chi connectivity index (χ2n) is 5.40. The summed E-state index contributed by atoms with van der Waals surface area (Å²) in [7, 11) is -1.01. The first-order chi connectivity index (χ1) is 9.15. The smallest absolute Gasteiger partial charge is 0.305 e. The van der Waals surface area contributed by atoms with Gasteiger partial charge in [0.25, 0.3) is 0 Å². The van der Waals surface area contributed by atoms with Gasteiger partial charge in [-0.1, -0.05) is 56.8 Å². The van der Waals surface area contributed by atoms with Crippen molar-refractivity contribution in [2.24, 2.45) is 0 Å².